The van der Waals surface area contributed by atoms with E-state index in [9.17, 15) is 22.1 Å². The Morgan fingerprint density at radius 1 is 1.12 bits per heavy atom. The Bertz CT molecular complexity index is 1130. The number of alkyl halides is 3. The van der Waals surface area contributed by atoms with Gasteiger partial charge in [-0.3, -0.25) is 0 Å². The topological polar surface area (TPSA) is 70.1 Å². The summed E-state index contributed by atoms with van der Waals surface area (Å²) in [4.78, 5) is 7.87. The Morgan fingerprint density at radius 3 is 2.55 bits per heavy atom. The van der Waals surface area contributed by atoms with Crippen LogP contribution in [0.5, 0.6) is 5.75 Å². The van der Waals surface area contributed by atoms with E-state index >= 15 is 0 Å². The quantitative estimate of drug-likeness (QED) is 0.366. The number of nitrogens with zero attached hydrogens (tertiary/aromatic N) is 2. The average Bonchev–Trinajstić information content (AvgIpc) is 2.79. The van der Waals surface area contributed by atoms with Crippen LogP contribution in [0.15, 0.2) is 53.7 Å². The number of aryl methyl sites for hydroxylation is 1. The highest BCUT2D eigenvalue weighted by atomic mass is 32.2. The molecule has 0 saturated heterocycles. The van der Waals surface area contributed by atoms with Crippen LogP contribution in [0.2, 0.25) is 0 Å². The first kappa shape index (κ1) is 23.3. The molecule has 0 aliphatic carbocycles. The second-order valence-corrected chi connectivity index (χ2v) is 8.86. The van der Waals surface area contributed by atoms with E-state index in [0.29, 0.717) is 35.7 Å². The molecule has 3 aromatic rings. The lowest BCUT2D eigenvalue weighted by atomic mass is 9.82. The predicted molar refractivity (Wildman–Crippen MR) is 116 cm³/mol. The monoisotopic (exact) mass is 479 g/mol. The number of halogens is 4. The van der Waals surface area contributed by atoms with Crippen molar-refractivity contribution in [2.75, 3.05) is 11.3 Å². The van der Waals surface area contributed by atoms with Gasteiger partial charge >= 0.3 is 6.18 Å². The van der Waals surface area contributed by atoms with E-state index in [1.807, 2.05) is 6.92 Å². The molecule has 33 heavy (non-hydrogen) atoms. The lowest BCUT2D eigenvalue weighted by Crippen LogP contribution is -2.19. The maximum atomic E-state index is 13.2. The van der Waals surface area contributed by atoms with E-state index in [-0.39, 0.29) is 11.9 Å². The third kappa shape index (κ3) is 5.22. The molecule has 4 rings (SSSR count). The van der Waals surface area contributed by atoms with Gasteiger partial charge in [-0.2, -0.15) is 17.9 Å². The van der Waals surface area contributed by atoms with E-state index in [0.717, 1.165) is 36.0 Å². The predicted octanol–water partition coefficient (Wildman–Crippen LogP) is 5.64. The van der Waals surface area contributed by atoms with Crippen molar-refractivity contribution in [3.63, 3.8) is 0 Å². The first-order valence-electron chi connectivity index (χ1n) is 10.4. The van der Waals surface area contributed by atoms with Gasteiger partial charge in [-0.1, -0.05) is 19.4 Å². The summed E-state index contributed by atoms with van der Waals surface area (Å²) in [6, 6.07) is 9.01. The summed E-state index contributed by atoms with van der Waals surface area (Å²) in [5, 5.41) is 0. The van der Waals surface area contributed by atoms with Crippen LogP contribution in [0, 0.1) is 5.82 Å². The molecule has 2 atom stereocenters. The summed E-state index contributed by atoms with van der Waals surface area (Å²) in [6.07, 6.45) is -0.584. The lowest BCUT2D eigenvalue weighted by Gasteiger charge is -2.28. The number of aromatic nitrogens is 2. The normalized spacial score (nSPS) is 16.6. The first-order valence-corrected chi connectivity index (χ1v) is 11.5. The van der Waals surface area contributed by atoms with Crippen molar-refractivity contribution in [3.05, 3.63) is 76.9 Å². The van der Waals surface area contributed by atoms with Gasteiger partial charge in [0.05, 0.1) is 24.6 Å². The van der Waals surface area contributed by atoms with Crippen LogP contribution in [0.1, 0.15) is 47.9 Å². The number of hydrogen-bond donors (Lipinski definition) is 1. The Kier molecular flexibility index (Phi) is 6.76. The minimum Gasteiger partial charge on any atom is -0.588 e. The van der Waals surface area contributed by atoms with Gasteiger partial charge in [-0.05, 0) is 48.2 Å². The molecule has 1 aromatic heterocycles. The highest BCUT2D eigenvalue weighted by Gasteiger charge is 2.33. The third-order valence-electron chi connectivity index (χ3n) is 5.41. The fourth-order valence-electron chi connectivity index (χ4n) is 3.92. The summed E-state index contributed by atoms with van der Waals surface area (Å²) in [5.74, 6) is -0.194. The van der Waals surface area contributed by atoms with E-state index in [4.69, 9.17) is 4.74 Å². The highest BCUT2D eigenvalue weighted by Crippen LogP contribution is 2.42. The van der Waals surface area contributed by atoms with E-state index < -0.39 is 28.9 Å². The molecule has 2 heterocycles. The molecule has 5 nitrogen and oxygen atoms in total. The maximum Gasteiger partial charge on any atom is 0.416 e. The molecule has 0 radical (unpaired) electrons. The number of benzene rings is 2. The molecular formula is C23H21F4N3O2S. The number of hydrogen-bond acceptors (Lipinski definition) is 5. The average molecular weight is 479 g/mol. The van der Waals surface area contributed by atoms with Crippen molar-refractivity contribution in [3.8, 4) is 5.75 Å². The Balaban J connectivity index is 1.62. The van der Waals surface area contributed by atoms with E-state index in [1.54, 1.807) is 24.3 Å². The van der Waals surface area contributed by atoms with Crippen LogP contribution in [0.25, 0.3) is 0 Å². The Hall–Kier alpha value is -2.85. The third-order valence-corrected chi connectivity index (χ3v) is 6.46. The molecule has 2 unspecified atom stereocenters. The zero-order valence-corrected chi connectivity index (χ0v) is 18.5. The molecular weight excluding hydrogens is 458 g/mol. The smallest absolute Gasteiger partial charge is 0.416 e. The number of ether oxygens (including phenoxy) is 1. The van der Waals surface area contributed by atoms with Gasteiger partial charge in [-0.25, -0.2) is 14.4 Å². The van der Waals surface area contributed by atoms with Crippen molar-refractivity contribution in [2.45, 2.75) is 43.2 Å². The molecule has 0 amide bonds. The molecule has 1 aliphatic rings. The fraction of sp³-hybridized carbons (Fsp3) is 0.304. The molecule has 1 N–H and O–H groups in total. The maximum absolute atomic E-state index is 13.2. The van der Waals surface area contributed by atoms with Crippen LogP contribution >= 0.6 is 0 Å². The van der Waals surface area contributed by atoms with Crippen molar-refractivity contribution in [1.29, 1.82) is 0 Å². The van der Waals surface area contributed by atoms with Gasteiger partial charge in [0.2, 0.25) is 0 Å². The number of rotatable bonds is 6. The van der Waals surface area contributed by atoms with Gasteiger partial charge < -0.3 is 9.29 Å². The van der Waals surface area contributed by atoms with Crippen molar-refractivity contribution < 1.29 is 26.9 Å². The minimum atomic E-state index is -4.39. The highest BCUT2D eigenvalue weighted by molar-refractivity contribution is 7.92. The summed E-state index contributed by atoms with van der Waals surface area (Å²) in [6.45, 7) is 2.32. The molecule has 0 bridgehead atoms. The van der Waals surface area contributed by atoms with Crippen molar-refractivity contribution >= 4 is 17.3 Å². The summed E-state index contributed by atoms with van der Waals surface area (Å²) in [7, 11) is 0. The molecule has 10 heteroatoms. The number of anilines is 1. The Morgan fingerprint density at radius 2 is 1.85 bits per heavy atom. The molecule has 1 aliphatic heterocycles. The van der Waals surface area contributed by atoms with Crippen LogP contribution in [-0.4, -0.2) is 21.1 Å². The molecule has 2 aromatic carbocycles. The van der Waals surface area contributed by atoms with Gasteiger partial charge in [0.15, 0.2) is 10.7 Å². The van der Waals surface area contributed by atoms with E-state index in [1.165, 1.54) is 6.07 Å². The summed E-state index contributed by atoms with van der Waals surface area (Å²) < 4.78 is 73.7. The van der Waals surface area contributed by atoms with Crippen molar-refractivity contribution in [2.24, 2.45) is 0 Å². The van der Waals surface area contributed by atoms with Crippen LogP contribution in [-0.2, 0) is 24.0 Å². The largest absolute Gasteiger partial charge is 0.588 e. The number of fused-ring (bicyclic) bond motifs is 1. The summed E-state index contributed by atoms with van der Waals surface area (Å²) in [5.41, 5.74) is 1.70. The Labute approximate surface area is 191 Å². The second kappa shape index (κ2) is 9.56. The minimum absolute atomic E-state index is 0.0141. The molecule has 0 saturated carbocycles. The van der Waals surface area contributed by atoms with Gasteiger partial charge in [-0.15, -0.1) is 0 Å². The molecule has 174 valence electrons. The first-order chi connectivity index (χ1) is 15.8. The zero-order chi connectivity index (χ0) is 23.6. The molecule has 0 fully saturated rings. The zero-order valence-electron chi connectivity index (χ0n) is 17.7. The second-order valence-electron chi connectivity index (χ2n) is 7.65. The fourth-order valence-corrected chi connectivity index (χ4v) is 4.72. The van der Waals surface area contributed by atoms with Crippen molar-refractivity contribution in [1.82, 2.24) is 9.97 Å². The van der Waals surface area contributed by atoms with Crippen LogP contribution in [0.4, 0.5) is 23.5 Å². The standard InChI is InChI=1S/C23H21F4N3O2S/c1-2-3-14-10-15(23(25,26)27)4-6-18(14)19-8-9-32-21-11-17(5-7-20(19)21)33(31)30-22-28-12-16(24)13-29-22/h4-7,10-13,19H,2-3,8-9H2,1H3,(H,28,29,30). The van der Waals surface area contributed by atoms with E-state index in [2.05, 4.69) is 14.7 Å². The number of nitrogens with one attached hydrogen (secondary N) is 1. The van der Waals surface area contributed by atoms with Gasteiger partial charge in [0, 0.05) is 17.5 Å². The van der Waals surface area contributed by atoms with Gasteiger partial charge in [0.25, 0.3) is 5.95 Å². The SMILES string of the molecule is CCCc1cc(C(F)(F)F)ccc1C1CCOc2cc([S+]([O-])Nc3ncc(F)cn3)ccc21. The van der Waals surface area contributed by atoms with Gasteiger partial charge in [0.1, 0.15) is 17.1 Å². The van der Waals surface area contributed by atoms with Crippen LogP contribution < -0.4 is 9.46 Å². The lowest BCUT2D eigenvalue weighted by molar-refractivity contribution is -0.137. The molecule has 0 spiro atoms. The van der Waals surface area contributed by atoms with Crippen LogP contribution in [0.3, 0.4) is 0 Å². The summed E-state index contributed by atoms with van der Waals surface area (Å²) >= 11 is -1.72.